The third-order valence-electron chi connectivity index (χ3n) is 10.6. The zero-order chi connectivity index (χ0) is 44.7. The lowest BCUT2D eigenvalue weighted by molar-refractivity contribution is -0.311. The van der Waals surface area contributed by atoms with Crippen LogP contribution in [0.1, 0.15) is 182 Å². The Labute approximate surface area is 357 Å². The second-order valence-corrected chi connectivity index (χ2v) is 16.2. The molecule has 0 aromatic carbocycles. The summed E-state index contributed by atoms with van der Waals surface area (Å²) in [6.45, 7) is 7.00. The lowest BCUT2D eigenvalue weighted by Gasteiger charge is -2.40. The summed E-state index contributed by atoms with van der Waals surface area (Å²) in [5.41, 5.74) is 0. The van der Waals surface area contributed by atoms with Crippen molar-refractivity contribution in [1.29, 1.82) is 0 Å². The maximum Gasteiger partial charge on any atom is 0.322 e. The van der Waals surface area contributed by atoms with Gasteiger partial charge in [-0.1, -0.05) is 111 Å². The van der Waals surface area contributed by atoms with Crippen LogP contribution in [0.4, 0.5) is 0 Å². The van der Waals surface area contributed by atoms with E-state index in [1.165, 1.54) is 0 Å². The molecule has 6 N–H and O–H groups in total. The molecule has 16 nitrogen and oxygen atoms in total. The lowest BCUT2D eigenvalue weighted by atomic mass is 9.99. The van der Waals surface area contributed by atoms with Crippen LogP contribution in [0.2, 0.25) is 0 Å². The summed E-state index contributed by atoms with van der Waals surface area (Å²) in [6, 6.07) is 0. The molecular formula is C44H79NO15. The Hall–Kier alpha value is -2.89. The van der Waals surface area contributed by atoms with Crippen LogP contribution in [0.3, 0.4) is 0 Å². The van der Waals surface area contributed by atoms with Crippen LogP contribution in [0.5, 0.6) is 0 Å². The fraction of sp³-hybridized carbons (Fsp3) is 0.886. The highest BCUT2D eigenvalue weighted by Gasteiger charge is 2.45. The van der Waals surface area contributed by atoms with Crippen molar-refractivity contribution in [3.8, 4) is 0 Å². The summed E-state index contributed by atoms with van der Waals surface area (Å²) in [6.07, 6.45) is 4.59. The zero-order valence-corrected chi connectivity index (χ0v) is 36.9. The maximum atomic E-state index is 13.6. The van der Waals surface area contributed by atoms with Gasteiger partial charge in [-0.25, -0.2) is 0 Å². The van der Waals surface area contributed by atoms with Crippen molar-refractivity contribution in [2.45, 2.75) is 237 Å². The van der Waals surface area contributed by atoms with Crippen LogP contribution >= 0.6 is 0 Å². The number of rotatable bonds is 36. The summed E-state index contributed by atoms with van der Waals surface area (Å²) < 4.78 is 28.9. The van der Waals surface area contributed by atoms with Crippen molar-refractivity contribution in [3.63, 3.8) is 0 Å². The number of esters is 3. The molecule has 1 aliphatic heterocycles. The van der Waals surface area contributed by atoms with Crippen LogP contribution in [-0.2, 0) is 47.7 Å². The average Bonchev–Trinajstić information content (AvgIpc) is 3.19. The molecule has 1 heterocycles. The third-order valence-corrected chi connectivity index (χ3v) is 10.6. The number of carbonyl (C=O) groups excluding carboxylic acids is 4. The molecule has 350 valence electrons. The van der Waals surface area contributed by atoms with Gasteiger partial charge in [-0.2, -0.15) is 0 Å². The minimum Gasteiger partial charge on any atom is -0.480 e. The van der Waals surface area contributed by atoms with Crippen LogP contribution in [0, 0.1) is 0 Å². The van der Waals surface area contributed by atoms with E-state index >= 15 is 0 Å². The number of unbranched alkanes of at least 4 members (excludes halogenated alkanes) is 12. The predicted octanol–water partition coefficient (Wildman–Crippen LogP) is 5.55. The molecule has 1 fully saturated rings. The van der Waals surface area contributed by atoms with Gasteiger partial charge in [0.1, 0.15) is 49.3 Å². The van der Waals surface area contributed by atoms with Crippen LogP contribution in [0.25, 0.3) is 0 Å². The standard InChI is InChI=1S/C44H79NO15/c1-5-9-12-15-18-22-32(25-36(47)45-29-37(48)49)56-39(51)27-33(23-19-16-13-10-6-2)58-40(52)28-34(24-20-17-14-11-7-3)57-38(50)26-31(21-8-4)59-44-43(55)42(54)41(53)35(30-46)60-44/h31-35,41-44,46,53-55H,5-30H2,1-4H3,(H,45,47)(H,48,49)/t31-,32-,33-,34-,35-,41-,42+,43-,44-/m1/s1. The van der Waals surface area contributed by atoms with Crippen LogP contribution in [0.15, 0.2) is 0 Å². The van der Waals surface area contributed by atoms with Crippen molar-refractivity contribution < 1.29 is 73.2 Å². The van der Waals surface area contributed by atoms with Gasteiger partial charge in [0, 0.05) is 0 Å². The van der Waals surface area contributed by atoms with Gasteiger partial charge in [0.05, 0.1) is 38.4 Å². The molecule has 60 heavy (non-hydrogen) atoms. The minimum absolute atomic E-state index is 0.188. The number of carbonyl (C=O) groups is 5. The van der Waals surface area contributed by atoms with Gasteiger partial charge in [0.2, 0.25) is 5.91 Å². The Bertz CT molecular complexity index is 1190. The molecule has 1 amide bonds. The first-order valence-electron chi connectivity index (χ1n) is 22.8. The van der Waals surface area contributed by atoms with Gasteiger partial charge >= 0.3 is 23.9 Å². The van der Waals surface area contributed by atoms with Crippen molar-refractivity contribution >= 4 is 29.8 Å². The number of hydrogen-bond acceptors (Lipinski definition) is 14. The van der Waals surface area contributed by atoms with Gasteiger partial charge < -0.3 is 54.5 Å². The third kappa shape index (κ3) is 25.1. The summed E-state index contributed by atoms with van der Waals surface area (Å²) in [7, 11) is 0. The molecule has 9 atom stereocenters. The van der Waals surface area contributed by atoms with E-state index in [0.29, 0.717) is 44.9 Å². The Balaban J connectivity index is 3.08. The van der Waals surface area contributed by atoms with Gasteiger partial charge in [0.25, 0.3) is 0 Å². The Kier molecular flexibility index (Phi) is 31.0. The first-order chi connectivity index (χ1) is 28.8. The smallest absolute Gasteiger partial charge is 0.322 e. The SMILES string of the molecule is CCCCCCC[C@H](CC(=O)NCC(=O)O)OC(=O)C[C@@H](CCCCCCC)OC(=O)C[C@@H](CCCCCCC)OC(=O)C[C@@H](CCC)O[C@@H]1O[C@H](CO)[C@@H](O)[C@H](O)[C@H]1O. The monoisotopic (exact) mass is 862 g/mol. The fourth-order valence-corrected chi connectivity index (χ4v) is 7.16. The first-order valence-corrected chi connectivity index (χ1v) is 22.8. The number of amides is 1. The highest BCUT2D eigenvalue weighted by Crippen LogP contribution is 2.26. The van der Waals surface area contributed by atoms with E-state index in [-0.39, 0.29) is 25.7 Å². The number of carboxylic acids is 1. The van der Waals surface area contributed by atoms with Crippen molar-refractivity contribution in [2.75, 3.05) is 13.2 Å². The first kappa shape index (κ1) is 55.1. The van der Waals surface area contributed by atoms with E-state index in [0.717, 1.165) is 83.5 Å². The van der Waals surface area contributed by atoms with Gasteiger partial charge in [-0.15, -0.1) is 0 Å². The molecule has 0 aliphatic carbocycles. The number of aliphatic carboxylic acids is 1. The molecule has 16 heteroatoms. The molecule has 1 aliphatic rings. The van der Waals surface area contributed by atoms with Crippen LogP contribution in [-0.4, -0.2) is 124 Å². The molecule has 0 aromatic heterocycles. The quantitative estimate of drug-likeness (QED) is 0.0257. The number of nitrogens with one attached hydrogen (secondary N) is 1. The second kappa shape index (κ2) is 33.7. The Morgan fingerprint density at radius 3 is 1.35 bits per heavy atom. The van der Waals surface area contributed by atoms with Crippen molar-refractivity contribution in [1.82, 2.24) is 5.32 Å². The Morgan fingerprint density at radius 1 is 0.533 bits per heavy atom. The lowest BCUT2D eigenvalue weighted by Crippen LogP contribution is -2.59. The number of hydrogen-bond donors (Lipinski definition) is 6. The summed E-state index contributed by atoms with van der Waals surface area (Å²) in [4.78, 5) is 63.8. The number of aliphatic hydroxyl groups excluding tert-OH is 4. The molecular weight excluding hydrogens is 782 g/mol. The topological polar surface area (TPSA) is 245 Å². The molecule has 0 bridgehead atoms. The highest BCUT2D eigenvalue weighted by molar-refractivity contribution is 5.81. The number of aliphatic hydroxyl groups is 4. The van der Waals surface area contributed by atoms with E-state index in [2.05, 4.69) is 26.1 Å². The molecule has 0 radical (unpaired) electrons. The molecule has 1 saturated heterocycles. The summed E-state index contributed by atoms with van der Waals surface area (Å²) in [5, 5.41) is 51.7. The van der Waals surface area contributed by atoms with E-state index in [4.69, 9.17) is 28.8 Å². The summed E-state index contributed by atoms with van der Waals surface area (Å²) >= 11 is 0. The van der Waals surface area contributed by atoms with E-state index in [1.54, 1.807) is 0 Å². The second-order valence-electron chi connectivity index (χ2n) is 16.2. The van der Waals surface area contributed by atoms with E-state index in [9.17, 15) is 44.4 Å². The number of ether oxygens (including phenoxy) is 5. The largest absolute Gasteiger partial charge is 0.480 e. The van der Waals surface area contributed by atoms with E-state index in [1.807, 2.05) is 6.92 Å². The summed E-state index contributed by atoms with van der Waals surface area (Å²) in [5.74, 6) is -3.66. The fourth-order valence-electron chi connectivity index (χ4n) is 7.16. The molecule has 1 rings (SSSR count). The van der Waals surface area contributed by atoms with Gasteiger partial charge in [0.15, 0.2) is 6.29 Å². The molecule has 0 spiro atoms. The van der Waals surface area contributed by atoms with Crippen molar-refractivity contribution in [3.05, 3.63) is 0 Å². The van der Waals surface area contributed by atoms with Gasteiger partial charge in [-0.05, 0) is 44.9 Å². The van der Waals surface area contributed by atoms with Gasteiger partial charge in [-0.3, -0.25) is 24.0 Å². The van der Waals surface area contributed by atoms with E-state index < -0.39 is 98.1 Å². The number of carboxylic acid groups (broad SMARTS) is 1. The molecule has 0 unspecified atom stereocenters. The predicted molar refractivity (Wildman–Crippen MR) is 222 cm³/mol. The van der Waals surface area contributed by atoms with Crippen molar-refractivity contribution in [2.24, 2.45) is 0 Å². The normalized spacial score (nSPS) is 21.0. The average molecular weight is 862 g/mol. The molecule has 0 aromatic rings. The molecule has 0 saturated carbocycles. The minimum atomic E-state index is -1.64. The maximum absolute atomic E-state index is 13.6. The zero-order valence-electron chi connectivity index (χ0n) is 36.9. The van der Waals surface area contributed by atoms with Crippen LogP contribution < -0.4 is 5.32 Å². The Morgan fingerprint density at radius 2 is 0.950 bits per heavy atom. The highest BCUT2D eigenvalue weighted by atomic mass is 16.7.